The molecule has 0 unspecified atom stereocenters. The molecule has 0 atom stereocenters. The first-order chi connectivity index (χ1) is 16.1. The van der Waals surface area contributed by atoms with E-state index < -0.39 is 20.8 Å². The van der Waals surface area contributed by atoms with Gasteiger partial charge in [0.1, 0.15) is 0 Å². The van der Waals surface area contributed by atoms with E-state index in [4.69, 9.17) is 9.11 Å². The number of unbranched alkanes of at least 4 members (excludes halogenated alkanes) is 18. The molecule has 8 nitrogen and oxygen atoms in total. The Hall–Kier alpha value is 0.506. The molecular formula is C24H52MgO8S2. The monoisotopic (exact) mass is 556 g/mol. The standard InChI is InChI=1S/2C12H26O4S.Mg/c2*1-2-3-4-5-6-7-8-9-10-11-12-16-17(13,14)15;/h2*2-12H2,1H3,(H,13,14,15);. The molecule has 0 saturated carbocycles. The Morgan fingerprint density at radius 1 is 0.429 bits per heavy atom. The Balaban J connectivity index is -0.000000569. The molecule has 0 heterocycles. The molecule has 2 N–H and O–H groups in total. The predicted octanol–water partition coefficient (Wildman–Crippen LogP) is 7.07. The molecule has 35 heavy (non-hydrogen) atoms. The fourth-order valence-electron chi connectivity index (χ4n) is 3.51. The fourth-order valence-corrected chi connectivity index (χ4v) is 4.16. The number of hydrogen-bond donors (Lipinski definition) is 2. The summed E-state index contributed by atoms with van der Waals surface area (Å²) in [5, 5.41) is 0. The molecular weight excluding hydrogens is 505 g/mol. The van der Waals surface area contributed by atoms with Crippen molar-refractivity contribution in [3.63, 3.8) is 0 Å². The topological polar surface area (TPSA) is 127 Å². The highest BCUT2D eigenvalue weighted by molar-refractivity contribution is 7.81. The van der Waals surface area contributed by atoms with Gasteiger partial charge < -0.3 is 0 Å². The molecule has 0 aromatic rings. The van der Waals surface area contributed by atoms with Gasteiger partial charge in [0, 0.05) is 23.1 Å². The second kappa shape index (κ2) is 29.1. The Labute approximate surface area is 232 Å². The van der Waals surface area contributed by atoms with Crippen LogP contribution in [0.25, 0.3) is 0 Å². The first kappa shape index (κ1) is 40.0. The van der Waals surface area contributed by atoms with Gasteiger partial charge >= 0.3 is 20.8 Å². The van der Waals surface area contributed by atoms with Gasteiger partial charge in [-0.05, 0) is 12.8 Å². The predicted molar refractivity (Wildman–Crippen MR) is 144 cm³/mol. The average molecular weight is 557 g/mol. The summed E-state index contributed by atoms with van der Waals surface area (Å²) in [5.41, 5.74) is 0. The molecule has 0 aromatic carbocycles. The van der Waals surface area contributed by atoms with Crippen molar-refractivity contribution in [1.82, 2.24) is 0 Å². The molecule has 0 rings (SSSR count). The zero-order valence-electron chi connectivity index (χ0n) is 22.4. The number of hydrogen-bond acceptors (Lipinski definition) is 6. The van der Waals surface area contributed by atoms with Crippen molar-refractivity contribution in [3.8, 4) is 0 Å². The minimum Gasteiger partial charge on any atom is -0.264 e. The maximum absolute atomic E-state index is 10.2. The smallest absolute Gasteiger partial charge is 0.264 e. The summed E-state index contributed by atoms with van der Waals surface area (Å²) in [6, 6.07) is 0. The van der Waals surface area contributed by atoms with E-state index in [1.807, 2.05) is 0 Å². The van der Waals surface area contributed by atoms with Gasteiger partial charge in [0.05, 0.1) is 13.2 Å². The third-order valence-corrected chi connectivity index (χ3v) is 6.39. The molecule has 0 saturated heterocycles. The van der Waals surface area contributed by atoms with Gasteiger partial charge in [0.25, 0.3) is 0 Å². The van der Waals surface area contributed by atoms with Crippen LogP contribution < -0.4 is 0 Å². The molecule has 0 aliphatic rings. The SMILES string of the molecule is CCCCCCCCCCCCOS(=O)(=O)O.CCCCCCCCCCCCOS(=O)(=O)O.[Mg]. The van der Waals surface area contributed by atoms with Crippen molar-refractivity contribution in [1.29, 1.82) is 0 Å². The van der Waals surface area contributed by atoms with Crippen LogP contribution in [0, 0.1) is 0 Å². The van der Waals surface area contributed by atoms with Crippen LogP contribution >= 0.6 is 0 Å². The molecule has 0 amide bonds. The lowest BCUT2D eigenvalue weighted by Crippen LogP contribution is -2.04. The van der Waals surface area contributed by atoms with Gasteiger partial charge in [-0.1, -0.05) is 129 Å². The molecule has 0 aromatic heterocycles. The van der Waals surface area contributed by atoms with Crippen molar-refractivity contribution in [2.45, 2.75) is 142 Å². The first-order valence-corrected chi connectivity index (χ1v) is 16.1. The van der Waals surface area contributed by atoms with Crippen molar-refractivity contribution < 1.29 is 34.3 Å². The van der Waals surface area contributed by atoms with Gasteiger partial charge in [-0.3, -0.25) is 9.11 Å². The Bertz CT molecular complexity index is 559. The van der Waals surface area contributed by atoms with Gasteiger partial charge in [0.2, 0.25) is 0 Å². The van der Waals surface area contributed by atoms with Crippen LogP contribution in [0.2, 0.25) is 0 Å². The van der Waals surface area contributed by atoms with Crippen LogP contribution in [-0.4, -0.2) is 62.2 Å². The van der Waals surface area contributed by atoms with E-state index >= 15 is 0 Å². The summed E-state index contributed by atoms with van der Waals surface area (Å²) in [7, 11) is -8.47. The molecule has 0 aliphatic heterocycles. The first-order valence-electron chi connectivity index (χ1n) is 13.4. The molecule has 2 radical (unpaired) electrons. The average Bonchev–Trinajstić information content (AvgIpc) is 2.75. The van der Waals surface area contributed by atoms with E-state index in [0.717, 1.165) is 25.7 Å². The van der Waals surface area contributed by atoms with Crippen LogP contribution in [0.5, 0.6) is 0 Å². The van der Waals surface area contributed by atoms with Crippen molar-refractivity contribution in [2.75, 3.05) is 13.2 Å². The van der Waals surface area contributed by atoms with Crippen molar-refractivity contribution >= 4 is 43.9 Å². The normalized spacial score (nSPS) is 11.5. The minimum absolute atomic E-state index is 0. The lowest BCUT2D eigenvalue weighted by Gasteiger charge is -2.02. The highest BCUT2D eigenvalue weighted by Gasteiger charge is 2.03. The fraction of sp³-hybridized carbons (Fsp3) is 1.00. The maximum Gasteiger partial charge on any atom is 0.397 e. The van der Waals surface area contributed by atoms with Gasteiger partial charge in [-0.25, -0.2) is 8.37 Å². The summed E-state index contributed by atoms with van der Waals surface area (Å²) < 4.78 is 66.0. The summed E-state index contributed by atoms with van der Waals surface area (Å²) >= 11 is 0. The highest BCUT2D eigenvalue weighted by atomic mass is 32.3. The number of rotatable bonds is 24. The molecule has 0 bridgehead atoms. The largest absolute Gasteiger partial charge is 0.397 e. The third-order valence-electron chi connectivity index (χ3n) is 5.46. The zero-order chi connectivity index (χ0) is 26.0. The minimum atomic E-state index is -4.23. The third kappa shape index (κ3) is 44.9. The molecule has 210 valence electrons. The Kier molecular flexibility index (Phi) is 33.2. The Morgan fingerprint density at radius 2 is 0.629 bits per heavy atom. The van der Waals surface area contributed by atoms with E-state index in [1.54, 1.807) is 0 Å². The van der Waals surface area contributed by atoms with E-state index in [2.05, 4.69) is 22.2 Å². The van der Waals surface area contributed by atoms with Crippen molar-refractivity contribution in [2.24, 2.45) is 0 Å². The molecule has 11 heteroatoms. The lowest BCUT2D eigenvalue weighted by molar-refractivity contribution is 0.260. The second-order valence-electron chi connectivity index (χ2n) is 8.86. The maximum atomic E-state index is 10.2. The van der Waals surface area contributed by atoms with Crippen LogP contribution in [0.3, 0.4) is 0 Å². The van der Waals surface area contributed by atoms with E-state index in [1.165, 1.54) is 89.9 Å². The second-order valence-corrected chi connectivity index (χ2v) is 11.0. The van der Waals surface area contributed by atoms with Crippen LogP contribution in [0.4, 0.5) is 0 Å². The van der Waals surface area contributed by atoms with Crippen LogP contribution in [0.1, 0.15) is 142 Å². The van der Waals surface area contributed by atoms with Gasteiger partial charge in [-0.2, -0.15) is 16.8 Å². The Morgan fingerprint density at radius 3 is 0.829 bits per heavy atom. The summed E-state index contributed by atoms with van der Waals surface area (Å²) in [6.45, 7) is 4.62. The lowest BCUT2D eigenvalue weighted by atomic mass is 10.1. The van der Waals surface area contributed by atoms with Crippen LogP contribution in [0.15, 0.2) is 0 Å². The molecule has 0 spiro atoms. The zero-order valence-corrected chi connectivity index (χ0v) is 25.5. The quantitative estimate of drug-likeness (QED) is 0.0733. The van der Waals surface area contributed by atoms with Gasteiger partial charge in [0.15, 0.2) is 0 Å². The van der Waals surface area contributed by atoms with E-state index in [9.17, 15) is 16.8 Å². The van der Waals surface area contributed by atoms with Crippen molar-refractivity contribution in [3.05, 3.63) is 0 Å². The molecule has 0 fully saturated rings. The highest BCUT2D eigenvalue weighted by Crippen LogP contribution is 2.11. The van der Waals surface area contributed by atoms with Crippen LogP contribution in [-0.2, 0) is 29.2 Å². The van der Waals surface area contributed by atoms with E-state index in [0.29, 0.717) is 12.8 Å². The summed E-state index contributed by atoms with van der Waals surface area (Å²) in [6.07, 6.45) is 23.7. The van der Waals surface area contributed by atoms with Gasteiger partial charge in [-0.15, -0.1) is 0 Å². The summed E-state index contributed by atoms with van der Waals surface area (Å²) in [5.74, 6) is 0. The summed E-state index contributed by atoms with van der Waals surface area (Å²) in [4.78, 5) is 0. The molecule has 0 aliphatic carbocycles. The van der Waals surface area contributed by atoms with E-state index in [-0.39, 0.29) is 36.3 Å².